The average Bonchev–Trinajstić information content (AvgIpc) is 2.73. The predicted octanol–water partition coefficient (Wildman–Crippen LogP) is 2.48. The van der Waals surface area contributed by atoms with E-state index >= 15 is 0 Å². The van der Waals surface area contributed by atoms with Gasteiger partial charge in [0.2, 0.25) is 0 Å². The monoisotopic (exact) mass is 278 g/mol. The van der Waals surface area contributed by atoms with Crippen molar-refractivity contribution in [1.29, 1.82) is 0 Å². The van der Waals surface area contributed by atoms with Gasteiger partial charge in [-0.2, -0.15) is 0 Å². The second kappa shape index (κ2) is 7.32. The largest absolute Gasteiger partial charge is 0.341 e. The van der Waals surface area contributed by atoms with Crippen LogP contribution in [0.1, 0.15) is 40.4 Å². The molecule has 4 heteroatoms. The maximum atomic E-state index is 12.3. The minimum Gasteiger partial charge on any atom is -0.341 e. The van der Waals surface area contributed by atoms with Crippen LogP contribution in [0.2, 0.25) is 0 Å². The van der Waals surface area contributed by atoms with E-state index in [2.05, 4.69) is 25.7 Å². The van der Waals surface area contributed by atoms with Crippen molar-refractivity contribution < 1.29 is 4.79 Å². The highest BCUT2D eigenvalue weighted by molar-refractivity contribution is 7.14. The Morgan fingerprint density at radius 3 is 2.79 bits per heavy atom. The van der Waals surface area contributed by atoms with E-state index in [0.717, 1.165) is 28.3 Å². The van der Waals surface area contributed by atoms with Crippen molar-refractivity contribution in [2.45, 2.75) is 27.2 Å². The molecule has 0 atom stereocenters. The van der Waals surface area contributed by atoms with E-state index in [0.29, 0.717) is 12.5 Å². The summed E-state index contributed by atoms with van der Waals surface area (Å²) in [6, 6.07) is 1.92. The molecule has 0 saturated heterocycles. The lowest BCUT2D eigenvalue weighted by atomic mass is 10.1. The molecule has 3 nitrogen and oxygen atoms in total. The minimum atomic E-state index is 0.0783. The third-order valence-electron chi connectivity index (χ3n) is 2.82. The first-order valence-electron chi connectivity index (χ1n) is 6.50. The standard InChI is InChI=1S/C15H22N2OS/c1-11(2)7-9-17(4)15(18)14-10-12(3)13(19-14)6-5-8-16/h10-11H,7-9,16H2,1-4H3. The van der Waals surface area contributed by atoms with Crippen LogP contribution in [0.4, 0.5) is 0 Å². The fourth-order valence-electron chi connectivity index (χ4n) is 1.58. The van der Waals surface area contributed by atoms with Crippen molar-refractivity contribution in [2.24, 2.45) is 11.7 Å². The summed E-state index contributed by atoms with van der Waals surface area (Å²) >= 11 is 1.45. The van der Waals surface area contributed by atoms with Gasteiger partial charge in [0.05, 0.1) is 16.3 Å². The smallest absolute Gasteiger partial charge is 0.263 e. The minimum absolute atomic E-state index is 0.0783. The molecule has 0 aromatic carbocycles. The number of carbonyl (C=O) groups excluding carboxylic acids is 1. The highest BCUT2D eigenvalue weighted by atomic mass is 32.1. The Balaban J connectivity index is 2.77. The molecular weight excluding hydrogens is 256 g/mol. The van der Waals surface area contributed by atoms with Gasteiger partial charge in [0.1, 0.15) is 0 Å². The van der Waals surface area contributed by atoms with Gasteiger partial charge in [0, 0.05) is 13.6 Å². The van der Waals surface area contributed by atoms with Gasteiger partial charge in [0.15, 0.2) is 0 Å². The number of rotatable bonds is 4. The topological polar surface area (TPSA) is 46.3 Å². The van der Waals surface area contributed by atoms with Crippen LogP contribution < -0.4 is 5.73 Å². The lowest BCUT2D eigenvalue weighted by molar-refractivity contribution is 0.0794. The van der Waals surface area contributed by atoms with Gasteiger partial charge in [-0.1, -0.05) is 25.7 Å². The van der Waals surface area contributed by atoms with Crippen molar-refractivity contribution in [3.8, 4) is 11.8 Å². The van der Waals surface area contributed by atoms with Crippen LogP contribution in [0.3, 0.4) is 0 Å². The quantitative estimate of drug-likeness (QED) is 0.860. The average molecular weight is 278 g/mol. The molecule has 2 N–H and O–H groups in total. The summed E-state index contributed by atoms with van der Waals surface area (Å²) in [5.41, 5.74) is 6.41. The zero-order chi connectivity index (χ0) is 14.4. The third-order valence-corrected chi connectivity index (χ3v) is 3.96. The molecule has 0 fully saturated rings. The molecule has 104 valence electrons. The van der Waals surface area contributed by atoms with Crippen LogP contribution in [0, 0.1) is 24.7 Å². The van der Waals surface area contributed by atoms with Gasteiger partial charge in [-0.15, -0.1) is 11.3 Å². The summed E-state index contributed by atoms with van der Waals surface area (Å²) < 4.78 is 0. The zero-order valence-electron chi connectivity index (χ0n) is 12.1. The molecule has 0 aliphatic rings. The van der Waals surface area contributed by atoms with Crippen LogP contribution in [0.25, 0.3) is 0 Å². The Bertz CT molecular complexity index is 494. The molecule has 0 aliphatic carbocycles. The molecule has 19 heavy (non-hydrogen) atoms. The first-order valence-corrected chi connectivity index (χ1v) is 7.32. The molecule has 0 spiro atoms. The van der Waals surface area contributed by atoms with Crippen LogP contribution in [-0.4, -0.2) is 30.9 Å². The van der Waals surface area contributed by atoms with Crippen molar-refractivity contribution in [2.75, 3.05) is 20.1 Å². The number of aryl methyl sites for hydroxylation is 1. The zero-order valence-corrected chi connectivity index (χ0v) is 12.9. The van der Waals surface area contributed by atoms with Crippen molar-refractivity contribution >= 4 is 17.2 Å². The van der Waals surface area contributed by atoms with Gasteiger partial charge in [-0.05, 0) is 30.9 Å². The molecular formula is C15H22N2OS. The van der Waals surface area contributed by atoms with Crippen LogP contribution >= 0.6 is 11.3 Å². The molecule has 1 heterocycles. The number of carbonyl (C=O) groups is 1. The highest BCUT2D eigenvalue weighted by Gasteiger charge is 2.15. The first kappa shape index (κ1) is 15.7. The Morgan fingerprint density at radius 1 is 1.53 bits per heavy atom. The molecule has 0 unspecified atom stereocenters. The fraction of sp³-hybridized carbons (Fsp3) is 0.533. The Morgan fingerprint density at radius 2 is 2.21 bits per heavy atom. The predicted molar refractivity (Wildman–Crippen MR) is 81.4 cm³/mol. The van der Waals surface area contributed by atoms with E-state index in [1.165, 1.54) is 11.3 Å². The van der Waals surface area contributed by atoms with Crippen LogP contribution in [-0.2, 0) is 0 Å². The van der Waals surface area contributed by atoms with E-state index in [4.69, 9.17) is 5.73 Å². The summed E-state index contributed by atoms with van der Waals surface area (Å²) in [5, 5.41) is 0. The number of nitrogens with zero attached hydrogens (tertiary/aromatic N) is 1. The van der Waals surface area contributed by atoms with Gasteiger partial charge in [0.25, 0.3) is 5.91 Å². The van der Waals surface area contributed by atoms with E-state index < -0.39 is 0 Å². The Kier molecular flexibility index (Phi) is 6.07. The van der Waals surface area contributed by atoms with Crippen LogP contribution in [0.5, 0.6) is 0 Å². The number of hydrogen-bond donors (Lipinski definition) is 1. The van der Waals surface area contributed by atoms with Gasteiger partial charge in [-0.25, -0.2) is 0 Å². The van der Waals surface area contributed by atoms with Gasteiger partial charge in [-0.3, -0.25) is 4.79 Å². The molecule has 0 aliphatic heterocycles. The van der Waals surface area contributed by atoms with Crippen LogP contribution in [0.15, 0.2) is 6.07 Å². The number of hydrogen-bond acceptors (Lipinski definition) is 3. The lowest BCUT2D eigenvalue weighted by Crippen LogP contribution is -2.27. The highest BCUT2D eigenvalue weighted by Crippen LogP contribution is 2.22. The second-order valence-corrected chi connectivity index (χ2v) is 6.09. The molecule has 1 rings (SSSR count). The molecule has 0 bridgehead atoms. The number of nitrogens with two attached hydrogens (primary N) is 1. The first-order chi connectivity index (χ1) is 8.95. The number of thiophene rings is 1. The summed E-state index contributed by atoms with van der Waals surface area (Å²) in [7, 11) is 1.85. The van der Waals surface area contributed by atoms with E-state index in [-0.39, 0.29) is 5.91 Å². The molecule has 1 aromatic heterocycles. The normalized spacial score (nSPS) is 10.2. The third kappa shape index (κ3) is 4.70. The van der Waals surface area contributed by atoms with Crippen molar-refractivity contribution in [1.82, 2.24) is 4.90 Å². The lowest BCUT2D eigenvalue weighted by Gasteiger charge is -2.17. The SMILES string of the molecule is Cc1cc(C(=O)N(C)CCC(C)C)sc1C#CCN. The molecule has 0 saturated carbocycles. The summed E-state index contributed by atoms with van der Waals surface area (Å²) in [6.45, 7) is 7.43. The second-order valence-electron chi connectivity index (χ2n) is 5.04. The van der Waals surface area contributed by atoms with E-state index in [9.17, 15) is 4.79 Å². The van der Waals surface area contributed by atoms with Gasteiger partial charge >= 0.3 is 0 Å². The maximum Gasteiger partial charge on any atom is 0.263 e. The Labute approximate surface area is 119 Å². The Hall–Kier alpha value is -1.31. The van der Waals surface area contributed by atoms with Crippen molar-refractivity contribution in [3.05, 3.63) is 21.4 Å². The maximum absolute atomic E-state index is 12.3. The molecule has 1 amide bonds. The molecule has 0 radical (unpaired) electrons. The van der Waals surface area contributed by atoms with E-state index in [1.54, 1.807) is 4.90 Å². The fourth-order valence-corrected chi connectivity index (χ4v) is 2.63. The summed E-state index contributed by atoms with van der Waals surface area (Å²) in [6.07, 6.45) is 1.02. The van der Waals surface area contributed by atoms with Crippen molar-refractivity contribution in [3.63, 3.8) is 0 Å². The summed E-state index contributed by atoms with van der Waals surface area (Å²) in [4.78, 5) is 15.7. The van der Waals surface area contributed by atoms with E-state index in [1.807, 2.05) is 20.0 Å². The number of amides is 1. The van der Waals surface area contributed by atoms with Gasteiger partial charge < -0.3 is 10.6 Å². The molecule has 1 aromatic rings. The summed E-state index contributed by atoms with van der Waals surface area (Å²) in [5.74, 6) is 6.52.